The van der Waals surface area contributed by atoms with E-state index in [0.717, 1.165) is 0 Å². The number of pyridine rings is 1. The molecule has 96 valence electrons. The Morgan fingerprint density at radius 1 is 1.56 bits per heavy atom. The van der Waals surface area contributed by atoms with Crippen molar-refractivity contribution in [1.29, 1.82) is 0 Å². The summed E-state index contributed by atoms with van der Waals surface area (Å²) < 4.78 is 5.25. The number of ether oxygens (including phenoxy) is 1. The highest BCUT2D eigenvalue weighted by Crippen LogP contribution is 2.14. The Labute approximate surface area is 104 Å². The number of nitrogens with zero attached hydrogens (tertiary/aromatic N) is 2. The molecule has 1 unspecified atom stereocenters. The number of rotatable bonds is 2. The number of amides is 1. The Kier molecular flexibility index (Phi) is 3.57. The summed E-state index contributed by atoms with van der Waals surface area (Å²) in [5.74, 6) is -1.50. The van der Waals surface area contributed by atoms with Crippen LogP contribution in [-0.4, -0.2) is 52.7 Å². The lowest BCUT2D eigenvalue weighted by atomic mass is 10.1. The Morgan fingerprint density at radius 3 is 3.00 bits per heavy atom. The lowest BCUT2D eigenvalue weighted by Gasteiger charge is -2.33. The minimum atomic E-state index is -1.19. The van der Waals surface area contributed by atoms with Gasteiger partial charge >= 0.3 is 5.97 Å². The van der Waals surface area contributed by atoms with Crippen LogP contribution >= 0.6 is 0 Å². The number of hydrogen-bond acceptors (Lipinski definition) is 4. The highest BCUT2D eigenvalue weighted by Gasteiger charge is 2.28. The summed E-state index contributed by atoms with van der Waals surface area (Å²) in [5, 5.41) is 9.02. The van der Waals surface area contributed by atoms with E-state index in [0.29, 0.717) is 19.8 Å². The smallest absolute Gasteiger partial charge is 0.355 e. The third kappa shape index (κ3) is 2.33. The normalized spacial score (nSPS) is 19.6. The molecule has 1 saturated heterocycles. The second-order valence-electron chi connectivity index (χ2n) is 4.13. The van der Waals surface area contributed by atoms with Gasteiger partial charge in [-0.05, 0) is 19.1 Å². The van der Waals surface area contributed by atoms with Crippen LogP contribution in [0, 0.1) is 0 Å². The molecule has 0 radical (unpaired) electrons. The van der Waals surface area contributed by atoms with Crippen LogP contribution in [0.3, 0.4) is 0 Å². The van der Waals surface area contributed by atoms with Gasteiger partial charge in [0.15, 0.2) is 5.69 Å². The minimum Gasteiger partial charge on any atom is -0.476 e. The van der Waals surface area contributed by atoms with Gasteiger partial charge in [0.2, 0.25) is 0 Å². The molecule has 1 amide bonds. The molecule has 6 heteroatoms. The first kappa shape index (κ1) is 12.5. The summed E-state index contributed by atoms with van der Waals surface area (Å²) in [5.41, 5.74) is -0.0834. The molecule has 1 atom stereocenters. The monoisotopic (exact) mass is 250 g/mol. The van der Waals surface area contributed by atoms with Crippen molar-refractivity contribution in [3.63, 3.8) is 0 Å². The molecular weight excluding hydrogens is 236 g/mol. The molecule has 1 N–H and O–H groups in total. The van der Waals surface area contributed by atoms with Crippen molar-refractivity contribution in [1.82, 2.24) is 9.88 Å². The predicted molar refractivity (Wildman–Crippen MR) is 62.5 cm³/mol. The predicted octanol–water partition coefficient (Wildman–Crippen LogP) is 0.641. The van der Waals surface area contributed by atoms with Crippen LogP contribution in [0.2, 0.25) is 0 Å². The number of aromatic carboxylic acids is 1. The van der Waals surface area contributed by atoms with Crippen LogP contribution < -0.4 is 0 Å². The van der Waals surface area contributed by atoms with Crippen LogP contribution in [0.15, 0.2) is 18.3 Å². The van der Waals surface area contributed by atoms with Crippen molar-refractivity contribution >= 4 is 11.9 Å². The zero-order chi connectivity index (χ0) is 13.1. The van der Waals surface area contributed by atoms with E-state index >= 15 is 0 Å². The SMILES string of the molecule is CC1COCCN1C(=O)c1cccnc1C(=O)O. The van der Waals surface area contributed by atoms with Crippen LogP contribution in [0.4, 0.5) is 0 Å². The van der Waals surface area contributed by atoms with Gasteiger partial charge in [-0.2, -0.15) is 0 Å². The molecule has 1 aliphatic heterocycles. The number of carboxylic acids is 1. The zero-order valence-corrected chi connectivity index (χ0v) is 10.00. The molecule has 18 heavy (non-hydrogen) atoms. The van der Waals surface area contributed by atoms with E-state index < -0.39 is 5.97 Å². The molecule has 6 nitrogen and oxygen atoms in total. The van der Waals surface area contributed by atoms with E-state index in [9.17, 15) is 9.59 Å². The largest absolute Gasteiger partial charge is 0.476 e. The van der Waals surface area contributed by atoms with Gasteiger partial charge in [-0.25, -0.2) is 9.78 Å². The lowest BCUT2D eigenvalue weighted by Crippen LogP contribution is -2.47. The number of carboxylic acid groups (broad SMARTS) is 1. The summed E-state index contributed by atoms with van der Waals surface area (Å²) in [6.45, 7) is 3.27. The molecule has 1 aromatic heterocycles. The van der Waals surface area contributed by atoms with Gasteiger partial charge in [0.05, 0.1) is 24.8 Å². The Hall–Kier alpha value is -1.95. The molecule has 0 saturated carbocycles. The van der Waals surface area contributed by atoms with Crippen molar-refractivity contribution in [3.8, 4) is 0 Å². The fourth-order valence-corrected chi connectivity index (χ4v) is 1.93. The van der Waals surface area contributed by atoms with E-state index in [4.69, 9.17) is 9.84 Å². The second kappa shape index (κ2) is 5.14. The van der Waals surface area contributed by atoms with Gasteiger partial charge in [-0.15, -0.1) is 0 Å². The molecule has 0 aromatic carbocycles. The highest BCUT2D eigenvalue weighted by molar-refractivity contribution is 6.03. The maximum atomic E-state index is 12.3. The number of aromatic nitrogens is 1. The van der Waals surface area contributed by atoms with E-state index in [1.54, 1.807) is 11.0 Å². The molecular formula is C12H14N2O4. The fourth-order valence-electron chi connectivity index (χ4n) is 1.93. The van der Waals surface area contributed by atoms with Gasteiger partial charge in [-0.1, -0.05) is 0 Å². The van der Waals surface area contributed by atoms with Gasteiger partial charge in [-0.3, -0.25) is 4.79 Å². The third-order valence-corrected chi connectivity index (χ3v) is 2.87. The highest BCUT2D eigenvalue weighted by atomic mass is 16.5. The molecule has 1 aliphatic rings. The minimum absolute atomic E-state index is 0.0619. The van der Waals surface area contributed by atoms with Crippen molar-refractivity contribution in [2.75, 3.05) is 19.8 Å². The molecule has 1 fully saturated rings. The van der Waals surface area contributed by atoms with Gasteiger partial charge in [0, 0.05) is 12.7 Å². The van der Waals surface area contributed by atoms with Gasteiger partial charge < -0.3 is 14.7 Å². The summed E-state index contributed by atoms with van der Waals surface area (Å²) >= 11 is 0. The van der Waals surface area contributed by atoms with E-state index in [-0.39, 0.29) is 23.2 Å². The van der Waals surface area contributed by atoms with E-state index in [2.05, 4.69) is 4.98 Å². The fraction of sp³-hybridized carbons (Fsp3) is 0.417. The molecule has 0 bridgehead atoms. The van der Waals surface area contributed by atoms with Crippen LogP contribution in [0.5, 0.6) is 0 Å². The average Bonchev–Trinajstić information content (AvgIpc) is 2.38. The number of carbonyl (C=O) groups excluding carboxylic acids is 1. The Morgan fingerprint density at radius 2 is 2.33 bits per heavy atom. The van der Waals surface area contributed by atoms with Crippen molar-refractivity contribution in [2.24, 2.45) is 0 Å². The standard InChI is InChI=1S/C12H14N2O4/c1-8-7-18-6-5-14(8)11(15)9-3-2-4-13-10(9)12(16)17/h2-4,8H,5-7H2,1H3,(H,16,17). The molecule has 0 aliphatic carbocycles. The van der Waals surface area contributed by atoms with Gasteiger partial charge in [0.25, 0.3) is 5.91 Å². The first-order valence-corrected chi connectivity index (χ1v) is 5.68. The van der Waals surface area contributed by atoms with Crippen LogP contribution in [-0.2, 0) is 4.74 Å². The van der Waals surface area contributed by atoms with Gasteiger partial charge in [0.1, 0.15) is 0 Å². The summed E-state index contributed by atoms with van der Waals surface area (Å²) in [4.78, 5) is 28.7. The topological polar surface area (TPSA) is 79.7 Å². The molecule has 2 rings (SSSR count). The molecule has 1 aromatic rings. The molecule has 0 spiro atoms. The average molecular weight is 250 g/mol. The van der Waals surface area contributed by atoms with Crippen molar-refractivity contribution in [2.45, 2.75) is 13.0 Å². The lowest BCUT2D eigenvalue weighted by molar-refractivity contribution is 0.00342. The quantitative estimate of drug-likeness (QED) is 0.833. The van der Waals surface area contributed by atoms with Crippen molar-refractivity contribution < 1.29 is 19.4 Å². The first-order valence-electron chi connectivity index (χ1n) is 5.68. The van der Waals surface area contributed by atoms with Crippen molar-refractivity contribution in [3.05, 3.63) is 29.6 Å². The third-order valence-electron chi connectivity index (χ3n) is 2.87. The number of morpholine rings is 1. The number of carbonyl (C=O) groups is 2. The summed E-state index contributed by atoms with van der Waals surface area (Å²) in [6.07, 6.45) is 1.36. The summed E-state index contributed by atoms with van der Waals surface area (Å²) in [7, 11) is 0. The maximum Gasteiger partial charge on any atom is 0.355 e. The van der Waals surface area contributed by atoms with E-state index in [1.807, 2.05) is 6.92 Å². The van der Waals surface area contributed by atoms with Crippen LogP contribution in [0.1, 0.15) is 27.8 Å². The Bertz CT molecular complexity index is 475. The summed E-state index contributed by atoms with van der Waals surface area (Å²) in [6, 6.07) is 2.99. The zero-order valence-electron chi connectivity index (χ0n) is 10.00. The van der Waals surface area contributed by atoms with E-state index in [1.165, 1.54) is 12.3 Å². The Balaban J connectivity index is 2.30. The molecule has 2 heterocycles. The van der Waals surface area contributed by atoms with Crippen LogP contribution in [0.25, 0.3) is 0 Å². The number of hydrogen-bond donors (Lipinski definition) is 1. The first-order chi connectivity index (χ1) is 8.61. The maximum absolute atomic E-state index is 12.3. The second-order valence-corrected chi connectivity index (χ2v) is 4.13.